The predicted molar refractivity (Wildman–Crippen MR) is 102 cm³/mol. The molecule has 2 rings (SSSR count). The van der Waals surface area contributed by atoms with Gasteiger partial charge in [0, 0.05) is 25.3 Å². The monoisotopic (exact) mass is 393 g/mol. The van der Waals surface area contributed by atoms with Crippen LogP contribution in [0, 0.1) is 11.6 Å². The van der Waals surface area contributed by atoms with Gasteiger partial charge in [0.25, 0.3) is 0 Å². The van der Waals surface area contributed by atoms with Gasteiger partial charge in [-0.1, -0.05) is 6.07 Å². The van der Waals surface area contributed by atoms with Gasteiger partial charge < -0.3 is 19.5 Å². The summed E-state index contributed by atoms with van der Waals surface area (Å²) in [6.07, 6.45) is 0.00851. The Morgan fingerprint density at radius 1 is 1.07 bits per heavy atom. The van der Waals surface area contributed by atoms with Crippen LogP contribution in [0.15, 0.2) is 36.4 Å². The summed E-state index contributed by atoms with van der Waals surface area (Å²) in [7, 11) is 1.48. The SMILES string of the molecule is COCOc1ccc(CCNC(=O)OC(C)(C)C)cc1-c1cc(F)cc(F)c1. The minimum Gasteiger partial charge on any atom is -0.467 e. The van der Waals surface area contributed by atoms with E-state index in [2.05, 4.69) is 5.32 Å². The first-order chi connectivity index (χ1) is 13.2. The van der Waals surface area contributed by atoms with Crippen molar-refractivity contribution < 1.29 is 27.8 Å². The molecule has 0 aliphatic heterocycles. The van der Waals surface area contributed by atoms with Gasteiger partial charge in [0.1, 0.15) is 23.0 Å². The average molecular weight is 393 g/mol. The second-order valence-electron chi connectivity index (χ2n) is 7.22. The summed E-state index contributed by atoms with van der Waals surface area (Å²) in [6.45, 7) is 5.72. The van der Waals surface area contributed by atoms with Gasteiger partial charge in [0.05, 0.1) is 0 Å². The Hall–Kier alpha value is -2.67. The number of alkyl carbamates (subject to hydrolysis) is 1. The number of nitrogens with one attached hydrogen (secondary N) is 1. The highest BCUT2D eigenvalue weighted by molar-refractivity contribution is 5.71. The standard InChI is InChI=1S/C21H25F2NO4/c1-21(2,3)28-20(25)24-8-7-14-5-6-19(27-13-26-4)18(9-14)15-10-16(22)12-17(23)11-15/h5-6,9-12H,7-8,13H2,1-4H3,(H,24,25). The number of carbonyl (C=O) groups excluding carboxylic acids is 1. The third-order valence-electron chi connectivity index (χ3n) is 3.63. The zero-order valence-electron chi connectivity index (χ0n) is 16.5. The van der Waals surface area contributed by atoms with Gasteiger partial charge in [-0.25, -0.2) is 13.6 Å². The number of halogens is 2. The van der Waals surface area contributed by atoms with E-state index in [0.29, 0.717) is 29.8 Å². The zero-order valence-corrected chi connectivity index (χ0v) is 16.5. The summed E-state index contributed by atoms with van der Waals surface area (Å²) in [5.41, 5.74) is 1.18. The maximum atomic E-state index is 13.7. The molecular formula is C21H25F2NO4. The van der Waals surface area contributed by atoms with Gasteiger partial charge in [-0.3, -0.25) is 0 Å². The Morgan fingerprint density at radius 2 is 1.75 bits per heavy atom. The lowest BCUT2D eigenvalue weighted by molar-refractivity contribution is 0.0513. The molecule has 0 saturated heterocycles. The normalized spacial score (nSPS) is 11.2. The molecule has 7 heteroatoms. The summed E-state index contributed by atoms with van der Waals surface area (Å²) in [4.78, 5) is 11.7. The highest BCUT2D eigenvalue weighted by Gasteiger charge is 2.16. The second kappa shape index (κ2) is 9.50. The van der Waals surface area contributed by atoms with E-state index in [1.807, 2.05) is 6.07 Å². The molecule has 0 saturated carbocycles. The number of amides is 1. The maximum Gasteiger partial charge on any atom is 0.407 e. The fraction of sp³-hybridized carbons (Fsp3) is 0.381. The number of carbonyl (C=O) groups is 1. The molecule has 28 heavy (non-hydrogen) atoms. The van der Waals surface area contributed by atoms with Crippen molar-refractivity contribution in [2.24, 2.45) is 0 Å². The van der Waals surface area contributed by atoms with Crippen molar-refractivity contribution in [3.8, 4) is 16.9 Å². The predicted octanol–water partition coefficient (Wildman–Crippen LogP) is 4.68. The fourth-order valence-electron chi connectivity index (χ4n) is 2.54. The molecule has 5 nitrogen and oxygen atoms in total. The average Bonchev–Trinajstić information content (AvgIpc) is 2.58. The number of hydrogen-bond donors (Lipinski definition) is 1. The Balaban J connectivity index is 2.17. The lowest BCUT2D eigenvalue weighted by Gasteiger charge is -2.19. The van der Waals surface area contributed by atoms with Gasteiger partial charge in [0.2, 0.25) is 0 Å². The smallest absolute Gasteiger partial charge is 0.407 e. The first-order valence-corrected chi connectivity index (χ1v) is 8.86. The van der Waals surface area contributed by atoms with E-state index >= 15 is 0 Å². The van der Waals surface area contributed by atoms with Gasteiger partial charge in [-0.2, -0.15) is 0 Å². The van der Waals surface area contributed by atoms with E-state index in [9.17, 15) is 13.6 Å². The molecule has 0 heterocycles. The number of benzene rings is 2. The number of methoxy groups -OCH3 is 1. The van der Waals surface area contributed by atoms with E-state index in [-0.39, 0.29) is 6.79 Å². The van der Waals surface area contributed by atoms with Crippen molar-refractivity contribution in [3.63, 3.8) is 0 Å². The molecule has 0 aromatic heterocycles. The van der Waals surface area contributed by atoms with E-state index in [0.717, 1.165) is 11.6 Å². The molecule has 0 atom stereocenters. The largest absolute Gasteiger partial charge is 0.467 e. The first-order valence-electron chi connectivity index (χ1n) is 8.86. The van der Waals surface area contributed by atoms with Crippen LogP contribution in [0.2, 0.25) is 0 Å². The van der Waals surface area contributed by atoms with Gasteiger partial charge in [-0.05, 0) is 62.6 Å². The molecule has 0 aliphatic rings. The van der Waals surface area contributed by atoms with Crippen LogP contribution in [0.3, 0.4) is 0 Å². The third-order valence-corrected chi connectivity index (χ3v) is 3.63. The van der Waals surface area contributed by atoms with Crippen LogP contribution in [0.1, 0.15) is 26.3 Å². The number of ether oxygens (including phenoxy) is 3. The molecule has 0 radical (unpaired) electrons. The van der Waals surface area contributed by atoms with Crippen molar-refractivity contribution >= 4 is 6.09 Å². The van der Waals surface area contributed by atoms with Crippen LogP contribution >= 0.6 is 0 Å². The lowest BCUT2D eigenvalue weighted by atomic mass is 10.00. The molecule has 2 aromatic rings. The topological polar surface area (TPSA) is 56.8 Å². The van der Waals surface area contributed by atoms with Crippen LogP contribution in [-0.4, -0.2) is 32.1 Å². The lowest BCUT2D eigenvalue weighted by Crippen LogP contribution is -2.33. The molecule has 1 N–H and O–H groups in total. The maximum absolute atomic E-state index is 13.7. The minimum absolute atomic E-state index is 0.00431. The van der Waals surface area contributed by atoms with Crippen LogP contribution in [-0.2, 0) is 15.9 Å². The third kappa shape index (κ3) is 6.81. The molecule has 152 valence electrons. The molecule has 2 aromatic carbocycles. The van der Waals surface area contributed by atoms with Crippen molar-refractivity contribution in [2.75, 3.05) is 20.4 Å². The van der Waals surface area contributed by atoms with Gasteiger partial charge in [-0.15, -0.1) is 0 Å². The van der Waals surface area contributed by atoms with E-state index in [1.165, 1.54) is 19.2 Å². The van der Waals surface area contributed by atoms with Crippen LogP contribution in [0.5, 0.6) is 5.75 Å². The van der Waals surface area contributed by atoms with Crippen molar-refractivity contribution in [1.29, 1.82) is 0 Å². The number of hydrogen-bond acceptors (Lipinski definition) is 4. The molecule has 0 spiro atoms. The van der Waals surface area contributed by atoms with E-state index in [4.69, 9.17) is 14.2 Å². The quantitative estimate of drug-likeness (QED) is 0.694. The van der Waals surface area contributed by atoms with Crippen molar-refractivity contribution in [1.82, 2.24) is 5.32 Å². The summed E-state index contributed by atoms with van der Waals surface area (Å²) in [5.74, 6) is -0.912. The van der Waals surface area contributed by atoms with E-state index < -0.39 is 23.3 Å². The Labute approximate surface area is 163 Å². The Bertz CT molecular complexity index is 798. The van der Waals surface area contributed by atoms with Gasteiger partial charge >= 0.3 is 6.09 Å². The molecule has 0 aliphatic carbocycles. The van der Waals surface area contributed by atoms with Crippen LogP contribution in [0.4, 0.5) is 13.6 Å². The molecule has 1 amide bonds. The molecule has 0 fully saturated rings. The van der Waals surface area contributed by atoms with E-state index in [1.54, 1.807) is 32.9 Å². The fourth-order valence-corrected chi connectivity index (χ4v) is 2.54. The van der Waals surface area contributed by atoms with Crippen molar-refractivity contribution in [3.05, 3.63) is 53.6 Å². The van der Waals surface area contributed by atoms with Crippen LogP contribution in [0.25, 0.3) is 11.1 Å². The Kier molecular flexibility index (Phi) is 7.34. The number of rotatable bonds is 7. The summed E-state index contributed by atoms with van der Waals surface area (Å²) < 4.78 is 42.9. The van der Waals surface area contributed by atoms with Crippen LogP contribution < -0.4 is 10.1 Å². The molecule has 0 unspecified atom stereocenters. The minimum atomic E-state index is -0.676. The zero-order chi connectivity index (χ0) is 20.7. The van der Waals surface area contributed by atoms with Crippen molar-refractivity contribution in [2.45, 2.75) is 32.8 Å². The summed E-state index contributed by atoms with van der Waals surface area (Å²) in [5, 5.41) is 2.68. The molecular weight excluding hydrogens is 368 g/mol. The summed E-state index contributed by atoms with van der Waals surface area (Å²) in [6, 6.07) is 8.59. The second-order valence-corrected chi connectivity index (χ2v) is 7.22. The Morgan fingerprint density at radius 3 is 2.36 bits per heavy atom. The summed E-state index contributed by atoms with van der Waals surface area (Å²) >= 11 is 0. The highest BCUT2D eigenvalue weighted by Crippen LogP contribution is 2.32. The highest BCUT2D eigenvalue weighted by atomic mass is 19.1. The first kappa shape index (κ1) is 21.6. The molecule has 0 bridgehead atoms. The van der Waals surface area contributed by atoms with Gasteiger partial charge in [0.15, 0.2) is 6.79 Å².